The second-order valence-electron chi connectivity index (χ2n) is 13.8. The Morgan fingerprint density at radius 1 is 1.13 bits per heavy atom. The summed E-state index contributed by atoms with van der Waals surface area (Å²) in [5.41, 5.74) is 8.72. The van der Waals surface area contributed by atoms with E-state index in [1.807, 2.05) is 38.1 Å². The van der Waals surface area contributed by atoms with Gasteiger partial charge in [0.05, 0.1) is 44.8 Å². The zero-order valence-electron chi connectivity index (χ0n) is 26.8. The second-order valence-corrected chi connectivity index (χ2v) is 16.5. The van der Waals surface area contributed by atoms with Crippen LogP contribution in [0.1, 0.15) is 68.4 Å². The van der Waals surface area contributed by atoms with E-state index in [1.165, 1.54) is 4.31 Å². The van der Waals surface area contributed by atoms with Gasteiger partial charge in [0, 0.05) is 23.8 Å². The summed E-state index contributed by atoms with van der Waals surface area (Å²) in [5.74, 6) is -0.00667. The normalized spacial score (nSPS) is 20.6. The summed E-state index contributed by atoms with van der Waals surface area (Å²) < 4.78 is 44.1. The van der Waals surface area contributed by atoms with E-state index in [-0.39, 0.29) is 41.8 Å². The molecule has 2 aromatic heterocycles. The molecular weight excluding hydrogens is 609 g/mol. The molecule has 6 rings (SSSR count). The predicted octanol–water partition coefficient (Wildman–Crippen LogP) is 6.10. The Morgan fingerprint density at radius 2 is 1.84 bits per heavy atom. The van der Waals surface area contributed by atoms with Crippen molar-refractivity contribution in [3.05, 3.63) is 59.2 Å². The van der Waals surface area contributed by atoms with Crippen LogP contribution in [0, 0.1) is 19.8 Å². The van der Waals surface area contributed by atoms with Crippen molar-refractivity contribution in [2.75, 3.05) is 19.7 Å². The monoisotopic (exact) mass is 650 g/mol. The minimum Gasteiger partial charge on any atom is -0.493 e. The van der Waals surface area contributed by atoms with Crippen LogP contribution in [0.25, 0.3) is 31.6 Å². The number of hydrogen-bond acceptors (Lipinski definition) is 8. The van der Waals surface area contributed by atoms with Crippen LogP contribution in [-0.2, 0) is 14.9 Å². The van der Waals surface area contributed by atoms with Crippen LogP contribution >= 0.6 is 11.3 Å². The first-order valence-corrected chi connectivity index (χ1v) is 17.7. The van der Waals surface area contributed by atoms with Gasteiger partial charge < -0.3 is 15.2 Å². The minimum atomic E-state index is -4.11. The fourth-order valence-electron chi connectivity index (χ4n) is 7.11. The zero-order valence-corrected chi connectivity index (χ0v) is 28.4. The van der Waals surface area contributed by atoms with Gasteiger partial charge in [0.15, 0.2) is 0 Å². The summed E-state index contributed by atoms with van der Waals surface area (Å²) in [6.45, 7) is 13.2. The number of amides is 1. The molecule has 2 saturated heterocycles. The first-order chi connectivity index (χ1) is 21.1. The number of hydrogen-bond donors (Lipinski definition) is 2. The maximum Gasteiger partial charge on any atom is 0.304 e. The average Bonchev–Trinajstić information content (AvgIpc) is 3.54. The number of rotatable bonds is 7. The standard InChI is InChI=1S/C34H42N4O5S2/c1-20-11-12-27(42-19-22-16-33(3,4)43-34(5,6)17-22)29-25(32(39)37-45(40,41)38-14-13-23(35)18-38)15-26(36-30(20)29)31-21(2)24-9-7-8-10-28(24)44-31/h7-12,15,22-23H,13-14,16-19,35H2,1-6H3,(H,37,39)/t23-/m0/s1. The Bertz CT molecular complexity index is 1880. The summed E-state index contributed by atoms with van der Waals surface area (Å²) in [5, 5.41) is 1.61. The number of nitrogens with zero attached hydrogens (tertiary/aromatic N) is 2. The highest BCUT2D eigenvalue weighted by Gasteiger charge is 2.39. The maximum absolute atomic E-state index is 14.0. The number of thiophene rings is 1. The predicted molar refractivity (Wildman–Crippen MR) is 180 cm³/mol. The minimum absolute atomic E-state index is 0.164. The fourth-order valence-corrected chi connectivity index (χ4v) is 9.48. The lowest BCUT2D eigenvalue weighted by atomic mass is 9.81. The van der Waals surface area contributed by atoms with E-state index < -0.39 is 16.1 Å². The number of aromatic nitrogens is 1. The maximum atomic E-state index is 14.0. The van der Waals surface area contributed by atoms with E-state index in [9.17, 15) is 13.2 Å². The molecule has 0 unspecified atom stereocenters. The zero-order chi connectivity index (χ0) is 32.3. The molecule has 3 N–H and O–H groups in total. The van der Waals surface area contributed by atoms with E-state index in [1.54, 1.807) is 17.4 Å². The lowest BCUT2D eigenvalue weighted by molar-refractivity contribution is -0.175. The van der Waals surface area contributed by atoms with Crippen molar-refractivity contribution in [2.45, 2.75) is 78.0 Å². The van der Waals surface area contributed by atoms with E-state index in [0.29, 0.717) is 35.4 Å². The van der Waals surface area contributed by atoms with Crippen LogP contribution < -0.4 is 15.2 Å². The van der Waals surface area contributed by atoms with Crippen LogP contribution in [0.5, 0.6) is 5.75 Å². The number of ether oxygens (including phenoxy) is 2. The van der Waals surface area contributed by atoms with Crippen molar-refractivity contribution < 1.29 is 22.7 Å². The van der Waals surface area contributed by atoms with E-state index in [0.717, 1.165) is 38.9 Å². The van der Waals surface area contributed by atoms with Crippen LogP contribution in [0.2, 0.25) is 0 Å². The first kappa shape index (κ1) is 31.9. The highest BCUT2D eigenvalue weighted by Crippen LogP contribution is 2.42. The number of fused-ring (bicyclic) bond motifs is 2. The molecule has 0 spiro atoms. The Kier molecular flexibility index (Phi) is 8.23. The molecule has 0 radical (unpaired) electrons. The quantitative estimate of drug-likeness (QED) is 0.248. The largest absolute Gasteiger partial charge is 0.493 e. The Labute approximate surface area is 269 Å². The molecule has 1 atom stereocenters. The van der Waals surface area contributed by atoms with E-state index in [2.05, 4.69) is 44.5 Å². The highest BCUT2D eigenvalue weighted by molar-refractivity contribution is 7.87. The first-order valence-electron chi connectivity index (χ1n) is 15.5. The molecule has 1 amide bonds. The van der Waals surface area contributed by atoms with Gasteiger partial charge in [0.2, 0.25) is 0 Å². The number of carbonyl (C=O) groups is 1. The smallest absolute Gasteiger partial charge is 0.304 e. The van der Waals surface area contributed by atoms with Crippen LogP contribution in [0.4, 0.5) is 0 Å². The van der Waals surface area contributed by atoms with Gasteiger partial charge in [-0.25, -0.2) is 9.71 Å². The molecule has 2 aliphatic heterocycles. The Balaban J connectivity index is 1.45. The third-order valence-corrected chi connectivity index (χ3v) is 11.5. The molecule has 11 heteroatoms. The van der Waals surface area contributed by atoms with Gasteiger partial charge in [0.25, 0.3) is 5.91 Å². The number of carbonyl (C=O) groups excluding carboxylic acids is 1. The molecule has 2 fully saturated rings. The average molecular weight is 651 g/mol. The Morgan fingerprint density at radius 3 is 2.51 bits per heavy atom. The second kappa shape index (κ2) is 11.6. The molecule has 9 nitrogen and oxygen atoms in total. The molecule has 2 aliphatic rings. The third kappa shape index (κ3) is 6.46. The van der Waals surface area contributed by atoms with Crippen LogP contribution in [0.15, 0.2) is 42.5 Å². The molecule has 0 bridgehead atoms. The molecule has 2 aromatic carbocycles. The number of nitrogens with two attached hydrogens (primary N) is 1. The fraction of sp³-hybridized carbons (Fsp3) is 0.471. The van der Waals surface area contributed by atoms with Crippen molar-refractivity contribution >= 4 is 48.4 Å². The lowest BCUT2D eigenvalue weighted by Gasteiger charge is -2.45. The molecule has 0 aliphatic carbocycles. The van der Waals surface area contributed by atoms with Gasteiger partial charge in [-0.1, -0.05) is 24.3 Å². The topological polar surface area (TPSA) is 124 Å². The molecule has 240 valence electrons. The van der Waals surface area contributed by atoms with Crippen molar-refractivity contribution in [1.82, 2.24) is 14.0 Å². The SMILES string of the molecule is Cc1c(-c2cc(C(=O)NS(=O)(=O)N3CC[C@H](N)C3)c3c(OCC4CC(C)(C)OC(C)(C)C4)ccc(C)c3n2)sc2ccccc12. The summed E-state index contributed by atoms with van der Waals surface area (Å²) in [4.78, 5) is 20.1. The summed E-state index contributed by atoms with van der Waals surface area (Å²) in [6.07, 6.45) is 2.20. The van der Waals surface area contributed by atoms with Gasteiger partial charge >= 0.3 is 10.2 Å². The molecular formula is C34H42N4O5S2. The van der Waals surface area contributed by atoms with E-state index >= 15 is 0 Å². The number of nitrogens with one attached hydrogen (secondary N) is 1. The number of benzene rings is 2. The Hall–Kier alpha value is -3.09. The molecule has 4 heterocycles. The highest BCUT2D eigenvalue weighted by atomic mass is 32.2. The van der Waals surface area contributed by atoms with E-state index in [4.69, 9.17) is 20.2 Å². The summed E-state index contributed by atoms with van der Waals surface area (Å²) in [7, 11) is -4.11. The van der Waals surface area contributed by atoms with Crippen molar-refractivity contribution in [1.29, 1.82) is 0 Å². The van der Waals surface area contributed by atoms with Crippen molar-refractivity contribution in [2.24, 2.45) is 11.7 Å². The van der Waals surface area contributed by atoms with Gasteiger partial charge in [-0.15, -0.1) is 11.3 Å². The molecule has 0 saturated carbocycles. The van der Waals surface area contributed by atoms with Gasteiger partial charge in [-0.3, -0.25) is 4.79 Å². The van der Waals surface area contributed by atoms with Gasteiger partial charge in [-0.2, -0.15) is 12.7 Å². The summed E-state index contributed by atoms with van der Waals surface area (Å²) in [6, 6.07) is 13.4. The summed E-state index contributed by atoms with van der Waals surface area (Å²) >= 11 is 1.60. The van der Waals surface area contributed by atoms with Crippen molar-refractivity contribution in [3.63, 3.8) is 0 Å². The van der Waals surface area contributed by atoms with Gasteiger partial charge in [0.1, 0.15) is 5.75 Å². The van der Waals surface area contributed by atoms with Crippen LogP contribution in [0.3, 0.4) is 0 Å². The molecule has 45 heavy (non-hydrogen) atoms. The van der Waals surface area contributed by atoms with Crippen molar-refractivity contribution in [3.8, 4) is 16.3 Å². The van der Waals surface area contributed by atoms with Gasteiger partial charge in [-0.05, 0) is 101 Å². The number of pyridine rings is 1. The number of aryl methyl sites for hydroxylation is 2. The third-order valence-electron chi connectivity index (χ3n) is 8.78. The molecule has 4 aromatic rings. The van der Waals surface area contributed by atoms with Crippen LogP contribution in [-0.4, -0.2) is 60.6 Å². The lowest BCUT2D eigenvalue weighted by Crippen LogP contribution is -2.46.